The molecule has 0 N–H and O–H groups in total. The summed E-state index contributed by atoms with van der Waals surface area (Å²) in [4.78, 5) is 36.7. The van der Waals surface area contributed by atoms with E-state index in [0.717, 1.165) is 6.42 Å². The Bertz CT molecular complexity index is 648. The Morgan fingerprint density at radius 3 is 2.88 bits per heavy atom. The zero-order valence-electron chi connectivity index (χ0n) is 14.5. The molecule has 0 saturated carbocycles. The molecule has 2 fully saturated rings. The average Bonchev–Trinajstić information content (AvgIpc) is 2.88. The van der Waals surface area contributed by atoms with E-state index < -0.39 is 0 Å². The Morgan fingerprint density at radius 1 is 1.38 bits per heavy atom. The van der Waals surface area contributed by atoms with Gasteiger partial charge in [-0.05, 0) is 27.2 Å². The minimum absolute atomic E-state index is 0.0268. The molecule has 1 unspecified atom stereocenters. The van der Waals surface area contributed by atoms with E-state index in [1.54, 1.807) is 6.20 Å². The van der Waals surface area contributed by atoms with E-state index in [4.69, 9.17) is 4.74 Å². The van der Waals surface area contributed by atoms with Gasteiger partial charge < -0.3 is 14.5 Å². The molecule has 1 atom stereocenters. The first-order valence-electron chi connectivity index (χ1n) is 8.35. The van der Waals surface area contributed by atoms with Crippen molar-refractivity contribution >= 4 is 11.8 Å². The molecule has 3 rings (SSSR count). The highest BCUT2D eigenvalue weighted by Gasteiger charge is 2.44. The summed E-state index contributed by atoms with van der Waals surface area (Å²) in [6.45, 7) is 8.37. The fourth-order valence-corrected chi connectivity index (χ4v) is 3.53. The number of carbonyl (C=O) groups excluding carboxylic acids is 2. The highest BCUT2D eigenvalue weighted by molar-refractivity contribution is 5.95. The van der Waals surface area contributed by atoms with Crippen molar-refractivity contribution in [3.05, 3.63) is 23.8 Å². The molecule has 7 nitrogen and oxygen atoms in total. The average molecular weight is 332 g/mol. The number of amides is 2. The number of aromatic nitrogens is 2. The summed E-state index contributed by atoms with van der Waals surface area (Å²) >= 11 is 0. The summed E-state index contributed by atoms with van der Waals surface area (Å²) in [7, 11) is 0. The first-order valence-corrected chi connectivity index (χ1v) is 8.35. The van der Waals surface area contributed by atoms with E-state index in [1.165, 1.54) is 6.33 Å². The monoisotopic (exact) mass is 332 g/mol. The SMILES string of the molecule is Cc1ncncc1C(=O)N1CCC2(COCC(=O)N(C(C)C)C2)C1. The van der Waals surface area contributed by atoms with Crippen LogP contribution in [0.5, 0.6) is 0 Å². The number of likely N-dealkylation sites (tertiary alicyclic amines) is 1. The summed E-state index contributed by atoms with van der Waals surface area (Å²) < 4.78 is 5.63. The fraction of sp³-hybridized carbons (Fsp3) is 0.647. The van der Waals surface area contributed by atoms with Crippen LogP contribution < -0.4 is 0 Å². The van der Waals surface area contributed by atoms with Gasteiger partial charge in [0.1, 0.15) is 12.9 Å². The van der Waals surface area contributed by atoms with Crippen molar-refractivity contribution in [2.75, 3.05) is 32.8 Å². The number of hydrogen-bond donors (Lipinski definition) is 0. The molecular weight excluding hydrogens is 308 g/mol. The van der Waals surface area contributed by atoms with Crippen LogP contribution in [0.25, 0.3) is 0 Å². The Labute approximate surface area is 142 Å². The second kappa shape index (κ2) is 6.47. The molecule has 1 spiro atoms. The Kier molecular flexibility index (Phi) is 4.54. The van der Waals surface area contributed by atoms with Gasteiger partial charge in [0.2, 0.25) is 5.91 Å². The maximum atomic E-state index is 12.8. The fourth-order valence-electron chi connectivity index (χ4n) is 3.53. The molecule has 1 aromatic rings. The zero-order chi connectivity index (χ0) is 17.3. The van der Waals surface area contributed by atoms with Crippen LogP contribution in [0.2, 0.25) is 0 Å². The van der Waals surface area contributed by atoms with Crippen molar-refractivity contribution in [3.63, 3.8) is 0 Å². The lowest BCUT2D eigenvalue weighted by molar-refractivity contribution is -0.135. The molecule has 2 aliphatic heterocycles. The lowest BCUT2D eigenvalue weighted by atomic mass is 9.87. The minimum atomic E-state index is -0.185. The predicted molar refractivity (Wildman–Crippen MR) is 87.4 cm³/mol. The summed E-state index contributed by atoms with van der Waals surface area (Å²) in [5.41, 5.74) is 1.04. The van der Waals surface area contributed by atoms with Crippen molar-refractivity contribution in [2.45, 2.75) is 33.2 Å². The molecule has 3 heterocycles. The number of rotatable bonds is 2. The maximum Gasteiger partial charge on any atom is 0.257 e. The summed E-state index contributed by atoms with van der Waals surface area (Å²) in [5.74, 6) is -0.0180. The van der Waals surface area contributed by atoms with Crippen molar-refractivity contribution < 1.29 is 14.3 Å². The molecule has 130 valence electrons. The van der Waals surface area contributed by atoms with Gasteiger partial charge in [-0.1, -0.05) is 0 Å². The molecule has 24 heavy (non-hydrogen) atoms. The summed E-state index contributed by atoms with van der Waals surface area (Å²) in [5, 5.41) is 0. The number of aryl methyl sites for hydroxylation is 1. The predicted octanol–water partition coefficient (Wildman–Crippen LogP) is 0.885. The van der Waals surface area contributed by atoms with E-state index in [9.17, 15) is 9.59 Å². The van der Waals surface area contributed by atoms with Crippen molar-refractivity contribution in [1.82, 2.24) is 19.8 Å². The molecule has 2 amide bonds. The maximum absolute atomic E-state index is 12.8. The van der Waals surface area contributed by atoms with Gasteiger partial charge in [-0.3, -0.25) is 9.59 Å². The van der Waals surface area contributed by atoms with Crippen LogP contribution in [0, 0.1) is 12.3 Å². The van der Waals surface area contributed by atoms with Crippen LogP contribution >= 0.6 is 0 Å². The number of carbonyl (C=O) groups is 2. The number of ether oxygens (including phenoxy) is 1. The second-order valence-electron chi connectivity index (χ2n) is 7.11. The highest BCUT2D eigenvalue weighted by Crippen LogP contribution is 2.35. The van der Waals surface area contributed by atoms with Crippen LogP contribution in [0.4, 0.5) is 0 Å². The third-order valence-corrected chi connectivity index (χ3v) is 4.95. The third kappa shape index (κ3) is 3.13. The first-order chi connectivity index (χ1) is 11.4. The van der Waals surface area contributed by atoms with Crippen molar-refractivity contribution in [2.24, 2.45) is 5.41 Å². The molecule has 1 aromatic heterocycles. The topological polar surface area (TPSA) is 75.6 Å². The molecule has 2 saturated heterocycles. The van der Waals surface area contributed by atoms with E-state index in [0.29, 0.717) is 37.5 Å². The van der Waals surface area contributed by atoms with Crippen LogP contribution in [-0.2, 0) is 9.53 Å². The van der Waals surface area contributed by atoms with Gasteiger partial charge in [0.25, 0.3) is 5.91 Å². The van der Waals surface area contributed by atoms with Gasteiger partial charge in [0.05, 0.1) is 17.9 Å². The minimum Gasteiger partial charge on any atom is -0.371 e. The van der Waals surface area contributed by atoms with Crippen LogP contribution in [0.15, 0.2) is 12.5 Å². The molecule has 0 radical (unpaired) electrons. The van der Waals surface area contributed by atoms with Crippen molar-refractivity contribution in [3.8, 4) is 0 Å². The highest BCUT2D eigenvalue weighted by atomic mass is 16.5. The molecule has 0 bridgehead atoms. The van der Waals surface area contributed by atoms with E-state index in [1.807, 2.05) is 30.6 Å². The molecular formula is C17H24N4O3. The summed E-state index contributed by atoms with van der Waals surface area (Å²) in [6.07, 6.45) is 3.86. The van der Waals surface area contributed by atoms with Crippen LogP contribution in [0.3, 0.4) is 0 Å². The molecule has 0 aromatic carbocycles. The first kappa shape index (κ1) is 16.8. The number of nitrogens with zero attached hydrogens (tertiary/aromatic N) is 4. The third-order valence-electron chi connectivity index (χ3n) is 4.95. The van der Waals surface area contributed by atoms with Gasteiger partial charge in [-0.15, -0.1) is 0 Å². The lowest BCUT2D eigenvalue weighted by Crippen LogP contribution is -2.46. The van der Waals surface area contributed by atoms with Gasteiger partial charge in [-0.2, -0.15) is 0 Å². The van der Waals surface area contributed by atoms with Gasteiger partial charge in [-0.25, -0.2) is 9.97 Å². The van der Waals surface area contributed by atoms with Crippen molar-refractivity contribution in [1.29, 1.82) is 0 Å². The zero-order valence-corrected chi connectivity index (χ0v) is 14.5. The normalized spacial score (nSPS) is 24.8. The van der Waals surface area contributed by atoms with Crippen LogP contribution in [-0.4, -0.2) is 70.5 Å². The molecule has 2 aliphatic rings. The van der Waals surface area contributed by atoms with Gasteiger partial charge >= 0.3 is 0 Å². The van der Waals surface area contributed by atoms with E-state index in [2.05, 4.69) is 9.97 Å². The lowest BCUT2D eigenvalue weighted by Gasteiger charge is -2.34. The Hall–Kier alpha value is -2.02. The summed E-state index contributed by atoms with van der Waals surface area (Å²) in [6, 6.07) is 0.130. The second-order valence-corrected chi connectivity index (χ2v) is 7.11. The smallest absolute Gasteiger partial charge is 0.257 e. The largest absolute Gasteiger partial charge is 0.371 e. The molecule has 7 heteroatoms. The van der Waals surface area contributed by atoms with Gasteiger partial charge in [0, 0.05) is 37.3 Å². The Morgan fingerprint density at radius 2 is 2.17 bits per heavy atom. The quantitative estimate of drug-likeness (QED) is 0.804. The standard InChI is InChI=1S/C17H24N4O3/c1-12(2)21-9-17(10-24-7-15(21)22)4-5-20(8-17)16(23)14-6-18-11-19-13(14)3/h6,11-12H,4-5,7-10H2,1-3H3. The Balaban J connectivity index is 1.77. The van der Waals surface area contributed by atoms with Crippen LogP contribution in [0.1, 0.15) is 36.3 Å². The van der Waals surface area contributed by atoms with E-state index >= 15 is 0 Å². The number of hydrogen-bond acceptors (Lipinski definition) is 5. The van der Waals surface area contributed by atoms with E-state index in [-0.39, 0.29) is 29.9 Å². The van der Waals surface area contributed by atoms with Gasteiger partial charge in [0.15, 0.2) is 0 Å². The molecule has 0 aliphatic carbocycles.